The molecule has 0 N–H and O–H groups in total. The molecule has 4 nitrogen and oxygen atoms in total. The minimum absolute atomic E-state index is 0.0761. The second-order valence-corrected chi connectivity index (χ2v) is 4.53. The summed E-state index contributed by atoms with van der Waals surface area (Å²) in [7, 11) is -3.25. The average molecular weight is 189 g/mol. The number of ether oxygens (including phenoxy) is 1. The standard InChI is InChI=1S/C7H11NO3S/c1-3-11-5-7-8-4-6(2)12(7,9)10/h4H,3,5H2,1-2H3. The van der Waals surface area contributed by atoms with Crippen molar-refractivity contribution in [3.8, 4) is 0 Å². The van der Waals surface area contributed by atoms with Crippen molar-refractivity contribution in [3.05, 3.63) is 11.1 Å². The van der Waals surface area contributed by atoms with Crippen LogP contribution >= 0.6 is 0 Å². The van der Waals surface area contributed by atoms with Crippen LogP contribution in [0.15, 0.2) is 16.1 Å². The number of aliphatic imine (C=N–C) groups is 1. The van der Waals surface area contributed by atoms with Gasteiger partial charge in [0.15, 0.2) is 5.04 Å². The molecule has 0 bridgehead atoms. The first kappa shape index (κ1) is 9.41. The van der Waals surface area contributed by atoms with E-state index in [4.69, 9.17) is 4.74 Å². The highest BCUT2D eigenvalue weighted by Gasteiger charge is 2.25. The van der Waals surface area contributed by atoms with Gasteiger partial charge in [0.05, 0.1) is 4.91 Å². The van der Waals surface area contributed by atoms with Gasteiger partial charge in [-0.1, -0.05) is 0 Å². The Kier molecular flexibility index (Phi) is 2.64. The van der Waals surface area contributed by atoms with Crippen molar-refractivity contribution in [2.24, 2.45) is 4.99 Å². The van der Waals surface area contributed by atoms with Crippen LogP contribution in [0, 0.1) is 0 Å². The first-order chi connectivity index (χ1) is 5.59. The van der Waals surface area contributed by atoms with Crippen LogP contribution in [0.25, 0.3) is 0 Å². The smallest absolute Gasteiger partial charge is 0.219 e. The Morgan fingerprint density at radius 2 is 2.25 bits per heavy atom. The maximum atomic E-state index is 11.3. The largest absolute Gasteiger partial charge is 0.375 e. The number of hydrogen-bond acceptors (Lipinski definition) is 4. The third kappa shape index (κ3) is 1.56. The fourth-order valence-corrected chi connectivity index (χ4v) is 1.78. The molecular weight excluding hydrogens is 178 g/mol. The lowest BCUT2D eigenvalue weighted by Gasteiger charge is -2.01. The molecule has 0 aromatic carbocycles. The molecule has 0 aromatic rings. The summed E-state index contributed by atoms with van der Waals surface area (Å²) >= 11 is 0. The van der Waals surface area contributed by atoms with Crippen molar-refractivity contribution in [2.45, 2.75) is 13.8 Å². The lowest BCUT2D eigenvalue weighted by atomic mass is 10.7. The van der Waals surface area contributed by atoms with E-state index in [1.54, 1.807) is 0 Å². The fraction of sp³-hybridized carbons (Fsp3) is 0.571. The van der Waals surface area contributed by atoms with Crippen LogP contribution in [-0.2, 0) is 14.6 Å². The summed E-state index contributed by atoms with van der Waals surface area (Å²) in [4.78, 5) is 4.04. The van der Waals surface area contributed by atoms with E-state index < -0.39 is 9.84 Å². The first-order valence-corrected chi connectivity index (χ1v) is 5.13. The Bertz CT molecular complexity index is 327. The molecule has 0 saturated heterocycles. The van der Waals surface area contributed by atoms with Gasteiger partial charge < -0.3 is 4.74 Å². The number of rotatable bonds is 3. The minimum atomic E-state index is -3.25. The molecule has 5 heteroatoms. The topological polar surface area (TPSA) is 55.7 Å². The van der Waals surface area contributed by atoms with Crippen LogP contribution < -0.4 is 0 Å². The molecular formula is C7H11NO3S. The first-order valence-electron chi connectivity index (χ1n) is 3.65. The molecule has 12 heavy (non-hydrogen) atoms. The lowest BCUT2D eigenvalue weighted by molar-refractivity contribution is 0.189. The predicted octanol–water partition coefficient (Wildman–Crippen LogP) is 0.711. The Morgan fingerprint density at radius 1 is 1.58 bits per heavy atom. The van der Waals surface area contributed by atoms with E-state index in [9.17, 15) is 8.42 Å². The Balaban J connectivity index is 2.74. The molecule has 68 valence electrons. The molecule has 1 rings (SSSR count). The number of sulfone groups is 1. The van der Waals surface area contributed by atoms with E-state index in [0.29, 0.717) is 6.61 Å². The number of allylic oxidation sites excluding steroid dienone is 1. The fourth-order valence-electron chi connectivity index (χ4n) is 0.792. The summed E-state index contributed by atoms with van der Waals surface area (Å²) in [6, 6.07) is 0. The lowest BCUT2D eigenvalue weighted by Crippen LogP contribution is -2.17. The van der Waals surface area contributed by atoms with Crippen molar-refractivity contribution in [1.82, 2.24) is 0 Å². The Hall–Kier alpha value is -0.680. The van der Waals surface area contributed by atoms with Gasteiger partial charge in [-0.25, -0.2) is 13.4 Å². The number of hydrogen-bond donors (Lipinski definition) is 0. The van der Waals surface area contributed by atoms with Crippen LogP contribution in [0.3, 0.4) is 0 Å². The van der Waals surface area contributed by atoms with E-state index >= 15 is 0 Å². The zero-order chi connectivity index (χ0) is 9.19. The molecule has 0 radical (unpaired) electrons. The van der Waals surface area contributed by atoms with E-state index in [1.165, 1.54) is 13.1 Å². The molecule has 1 aliphatic heterocycles. The van der Waals surface area contributed by atoms with Crippen molar-refractivity contribution >= 4 is 14.9 Å². The number of nitrogens with zero attached hydrogens (tertiary/aromatic N) is 1. The Morgan fingerprint density at radius 3 is 2.67 bits per heavy atom. The molecule has 0 saturated carbocycles. The van der Waals surface area contributed by atoms with Gasteiger partial charge in [0.2, 0.25) is 9.84 Å². The maximum absolute atomic E-state index is 11.3. The van der Waals surface area contributed by atoms with E-state index in [2.05, 4.69) is 4.99 Å². The van der Waals surface area contributed by atoms with E-state index in [-0.39, 0.29) is 16.6 Å². The highest BCUT2D eigenvalue weighted by atomic mass is 32.2. The molecule has 0 aliphatic carbocycles. The molecule has 1 aliphatic rings. The molecule has 1 heterocycles. The van der Waals surface area contributed by atoms with Gasteiger partial charge >= 0.3 is 0 Å². The zero-order valence-electron chi connectivity index (χ0n) is 7.07. The van der Waals surface area contributed by atoms with Crippen LogP contribution in [0.4, 0.5) is 0 Å². The van der Waals surface area contributed by atoms with Crippen molar-refractivity contribution < 1.29 is 13.2 Å². The molecule has 0 spiro atoms. The third-order valence-electron chi connectivity index (χ3n) is 1.55. The third-order valence-corrected chi connectivity index (χ3v) is 3.35. The van der Waals surface area contributed by atoms with Gasteiger partial charge in [0.1, 0.15) is 6.61 Å². The predicted molar refractivity (Wildman–Crippen MR) is 46.6 cm³/mol. The van der Waals surface area contributed by atoms with Crippen molar-refractivity contribution in [3.63, 3.8) is 0 Å². The zero-order valence-corrected chi connectivity index (χ0v) is 7.89. The Labute approximate surface area is 71.9 Å². The van der Waals surface area contributed by atoms with Crippen LogP contribution in [0.2, 0.25) is 0 Å². The summed E-state index contributed by atoms with van der Waals surface area (Å²) in [5, 5.41) is 0.113. The van der Waals surface area contributed by atoms with Crippen LogP contribution in [0.1, 0.15) is 13.8 Å². The minimum Gasteiger partial charge on any atom is -0.375 e. The van der Waals surface area contributed by atoms with Crippen molar-refractivity contribution in [1.29, 1.82) is 0 Å². The van der Waals surface area contributed by atoms with Gasteiger partial charge in [-0.3, -0.25) is 0 Å². The average Bonchev–Trinajstić information content (AvgIpc) is 2.25. The van der Waals surface area contributed by atoms with Gasteiger partial charge in [0.25, 0.3) is 0 Å². The molecule has 0 amide bonds. The molecule has 0 unspecified atom stereocenters. The van der Waals surface area contributed by atoms with Gasteiger partial charge in [-0.15, -0.1) is 0 Å². The van der Waals surface area contributed by atoms with Crippen LogP contribution in [0.5, 0.6) is 0 Å². The summed E-state index contributed by atoms with van der Waals surface area (Å²) in [6.45, 7) is 3.90. The highest BCUT2D eigenvalue weighted by Crippen LogP contribution is 2.15. The quantitative estimate of drug-likeness (QED) is 0.657. The second-order valence-electron chi connectivity index (χ2n) is 2.40. The maximum Gasteiger partial charge on any atom is 0.219 e. The van der Waals surface area contributed by atoms with Crippen LogP contribution in [-0.4, -0.2) is 26.7 Å². The molecule has 0 atom stereocenters. The SMILES string of the molecule is CCOCC1=NC=C(C)S1(=O)=O. The van der Waals surface area contributed by atoms with Gasteiger partial charge in [0, 0.05) is 12.8 Å². The van der Waals surface area contributed by atoms with Crippen molar-refractivity contribution in [2.75, 3.05) is 13.2 Å². The summed E-state index contributed by atoms with van der Waals surface area (Å²) in [5.41, 5.74) is 0. The monoisotopic (exact) mass is 189 g/mol. The summed E-state index contributed by atoms with van der Waals surface area (Å²) in [6.07, 6.45) is 1.35. The molecule has 0 aromatic heterocycles. The normalized spacial score (nSPS) is 20.5. The van der Waals surface area contributed by atoms with E-state index in [0.717, 1.165) is 0 Å². The highest BCUT2D eigenvalue weighted by molar-refractivity contribution is 8.10. The summed E-state index contributed by atoms with van der Waals surface area (Å²) < 4.78 is 27.6. The van der Waals surface area contributed by atoms with Gasteiger partial charge in [-0.2, -0.15) is 0 Å². The van der Waals surface area contributed by atoms with E-state index in [1.807, 2.05) is 6.92 Å². The second kappa shape index (κ2) is 3.37. The molecule has 0 fully saturated rings. The van der Waals surface area contributed by atoms with Gasteiger partial charge in [-0.05, 0) is 13.8 Å². The summed E-state index contributed by atoms with van der Waals surface area (Å²) in [5.74, 6) is 0.